The molecule has 2 amide bonds. The molecule has 0 aliphatic rings. The summed E-state index contributed by atoms with van der Waals surface area (Å²) in [5, 5.41) is 39.0. The molecule has 4 rings (SSSR count). The number of aliphatic carboxylic acids is 2. The Hall–Kier alpha value is -5.08. The maximum Gasteiger partial charge on any atom is 0.408 e. The molecule has 0 saturated heterocycles. The van der Waals surface area contributed by atoms with Crippen LogP contribution >= 0.6 is 23.2 Å². The average molecular weight is 802 g/mol. The maximum atomic E-state index is 11.6. The van der Waals surface area contributed by atoms with Gasteiger partial charge in [-0.1, -0.05) is 80.7 Å². The second-order valence-electron chi connectivity index (χ2n) is 14.2. The lowest BCUT2D eigenvalue weighted by Gasteiger charge is -2.27. The molecule has 2 aromatic heterocycles. The van der Waals surface area contributed by atoms with Crippen molar-refractivity contribution in [1.29, 1.82) is 0 Å². The lowest BCUT2D eigenvalue weighted by molar-refractivity contribution is -0.144. The van der Waals surface area contributed by atoms with Gasteiger partial charge >= 0.3 is 24.1 Å². The monoisotopic (exact) mass is 800 g/mol. The van der Waals surface area contributed by atoms with E-state index < -0.39 is 36.2 Å². The minimum absolute atomic E-state index is 0.0565. The van der Waals surface area contributed by atoms with E-state index in [2.05, 4.69) is 9.97 Å². The second-order valence-corrected chi connectivity index (χ2v) is 15.1. The second kappa shape index (κ2) is 21.1. The van der Waals surface area contributed by atoms with Crippen LogP contribution in [0.15, 0.2) is 67.5 Å². The third kappa shape index (κ3) is 14.3. The van der Waals surface area contributed by atoms with Crippen LogP contribution in [0.3, 0.4) is 0 Å². The molecule has 0 aliphatic heterocycles. The fourth-order valence-corrected chi connectivity index (χ4v) is 6.61. The third-order valence-electron chi connectivity index (χ3n) is 8.77. The van der Waals surface area contributed by atoms with Crippen molar-refractivity contribution in [2.75, 3.05) is 13.1 Å². The fourth-order valence-electron chi connectivity index (χ4n) is 6.04. The van der Waals surface area contributed by atoms with E-state index in [1.807, 2.05) is 68.0 Å². The van der Waals surface area contributed by atoms with Crippen molar-refractivity contribution in [3.05, 3.63) is 106 Å². The molecule has 0 fully saturated rings. The van der Waals surface area contributed by atoms with Crippen molar-refractivity contribution in [3.8, 4) is 0 Å². The summed E-state index contributed by atoms with van der Waals surface area (Å²) in [6.45, 7) is 10.8. The molecule has 298 valence electrons. The number of carbonyl (C=O) groups is 4. The topological polar surface area (TPSA) is 191 Å². The zero-order chi connectivity index (χ0) is 40.8. The minimum atomic E-state index is -1.25. The standard InChI is InChI=1S/C20H27N3O4.C19H23Cl2N3O4/c1-14(2)10-18(19(24)25)23(20(26)27)9-8-17-11-21-13-22(17)12-16-6-4-15(3)5-7-16;1-12(2)5-17(18(25)26)24(19(27)28)4-3-16-9-22-11-23(16)10-13-6-14(20)8-15(21)7-13/h4-7,11,13-14,18H,8-10,12H2,1-3H3,(H,24,25)(H,26,27);6-9,11-12,17H,3-5,10H2,1-2H3,(H,25,26)(H,27,28). The molecule has 4 aromatic rings. The van der Waals surface area contributed by atoms with Gasteiger partial charge in [0.1, 0.15) is 12.1 Å². The van der Waals surface area contributed by atoms with E-state index in [0.29, 0.717) is 36.0 Å². The Morgan fingerprint density at radius 2 is 1.05 bits per heavy atom. The number of carboxylic acids is 2. The number of nitrogens with zero attached hydrogens (tertiary/aromatic N) is 6. The van der Waals surface area contributed by atoms with Crippen LogP contribution in [0, 0.1) is 18.8 Å². The Morgan fingerprint density at radius 3 is 1.42 bits per heavy atom. The largest absolute Gasteiger partial charge is 0.480 e. The zero-order valence-corrected chi connectivity index (χ0v) is 33.2. The number of halogens is 2. The van der Waals surface area contributed by atoms with Crippen molar-refractivity contribution in [1.82, 2.24) is 28.9 Å². The number of imidazole rings is 2. The van der Waals surface area contributed by atoms with Gasteiger partial charge in [-0.15, -0.1) is 0 Å². The van der Waals surface area contributed by atoms with Gasteiger partial charge in [0.2, 0.25) is 0 Å². The molecular formula is C39H50Cl2N6O8. The van der Waals surface area contributed by atoms with Gasteiger partial charge in [-0.2, -0.15) is 0 Å². The molecule has 55 heavy (non-hydrogen) atoms. The molecule has 16 heteroatoms. The molecule has 2 heterocycles. The van der Waals surface area contributed by atoms with Crippen LogP contribution in [0.1, 0.15) is 68.6 Å². The molecule has 2 aromatic carbocycles. The number of rotatable bonds is 18. The number of hydrogen-bond acceptors (Lipinski definition) is 6. The van der Waals surface area contributed by atoms with E-state index in [0.717, 1.165) is 32.3 Å². The van der Waals surface area contributed by atoms with Gasteiger partial charge in [0.05, 0.1) is 12.7 Å². The number of benzene rings is 2. The quantitative estimate of drug-likeness (QED) is 0.0783. The summed E-state index contributed by atoms with van der Waals surface area (Å²) in [6, 6.07) is 11.3. The number of hydrogen-bond donors (Lipinski definition) is 4. The van der Waals surface area contributed by atoms with Gasteiger partial charge in [-0.05, 0) is 60.9 Å². The molecule has 4 N–H and O–H groups in total. The van der Waals surface area contributed by atoms with Crippen molar-refractivity contribution in [2.24, 2.45) is 11.8 Å². The first-order chi connectivity index (χ1) is 25.9. The first kappa shape index (κ1) is 44.3. The molecule has 14 nitrogen and oxygen atoms in total. The van der Waals surface area contributed by atoms with Gasteiger partial charge in [-0.3, -0.25) is 9.80 Å². The van der Waals surface area contributed by atoms with Crippen LogP contribution in [-0.4, -0.2) is 98.6 Å². The van der Waals surface area contributed by atoms with Crippen molar-refractivity contribution in [3.63, 3.8) is 0 Å². The van der Waals surface area contributed by atoms with Gasteiger partial charge in [0.15, 0.2) is 0 Å². The number of aromatic nitrogens is 4. The maximum absolute atomic E-state index is 11.6. The van der Waals surface area contributed by atoms with Crippen LogP contribution in [0.4, 0.5) is 9.59 Å². The average Bonchev–Trinajstić information content (AvgIpc) is 3.72. The van der Waals surface area contributed by atoms with Gasteiger partial charge in [0, 0.05) is 72.8 Å². The van der Waals surface area contributed by atoms with E-state index >= 15 is 0 Å². The molecule has 2 atom stereocenters. The first-order valence-electron chi connectivity index (χ1n) is 17.9. The summed E-state index contributed by atoms with van der Waals surface area (Å²) in [5.41, 5.74) is 4.85. The smallest absolute Gasteiger partial charge is 0.408 e. The van der Waals surface area contributed by atoms with Crippen LogP contribution in [0.2, 0.25) is 10.0 Å². The molecule has 0 saturated carbocycles. The Balaban J connectivity index is 0.000000296. The molecular weight excluding hydrogens is 751 g/mol. The van der Waals surface area contributed by atoms with Crippen molar-refractivity contribution < 1.29 is 39.6 Å². The number of amides is 2. The summed E-state index contributed by atoms with van der Waals surface area (Å²) >= 11 is 12.1. The molecule has 0 spiro atoms. The van der Waals surface area contributed by atoms with Gasteiger partial charge in [0.25, 0.3) is 0 Å². The van der Waals surface area contributed by atoms with Gasteiger partial charge < -0.3 is 29.6 Å². The molecule has 0 aliphatic carbocycles. The summed E-state index contributed by atoms with van der Waals surface area (Å²) in [7, 11) is 0. The summed E-state index contributed by atoms with van der Waals surface area (Å²) in [4.78, 5) is 56.7. The van der Waals surface area contributed by atoms with Crippen LogP contribution in [0.25, 0.3) is 0 Å². The Bertz CT molecular complexity index is 1860. The zero-order valence-electron chi connectivity index (χ0n) is 31.7. The summed E-state index contributed by atoms with van der Waals surface area (Å²) in [6.07, 6.45) is 5.50. The van der Waals surface area contributed by atoms with Gasteiger partial charge in [-0.25, -0.2) is 29.1 Å². The Labute approximate surface area is 330 Å². The normalized spacial score (nSPS) is 12.2. The van der Waals surface area contributed by atoms with Crippen molar-refractivity contribution >= 4 is 47.3 Å². The number of aryl methyl sites for hydroxylation is 1. The highest BCUT2D eigenvalue weighted by Crippen LogP contribution is 2.21. The Morgan fingerprint density at radius 1 is 0.655 bits per heavy atom. The van der Waals surface area contributed by atoms with E-state index in [1.165, 1.54) is 5.56 Å². The summed E-state index contributed by atoms with van der Waals surface area (Å²) in [5.74, 6) is -2.11. The molecule has 0 bridgehead atoms. The Kier molecular flexibility index (Phi) is 17.0. The van der Waals surface area contributed by atoms with Crippen molar-refractivity contribution in [2.45, 2.75) is 85.5 Å². The highest BCUT2D eigenvalue weighted by atomic mass is 35.5. The van der Waals surface area contributed by atoms with E-state index in [9.17, 15) is 39.6 Å². The van der Waals surface area contributed by atoms with E-state index in [4.69, 9.17) is 23.2 Å². The predicted octanol–water partition coefficient (Wildman–Crippen LogP) is 7.52. The van der Waals surface area contributed by atoms with Crippen LogP contribution < -0.4 is 0 Å². The van der Waals surface area contributed by atoms with Crippen LogP contribution in [0.5, 0.6) is 0 Å². The van der Waals surface area contributed by atoms with E-state index in [1.54, 1.807) is 43.2 Å². The van der Waals surface area contributed by atoms with E-state index in [-0.39, 0.29) is 37.8 Å². The SMILES string of the molecule is CC(C)CC(C(=O)O)N(CCc1cncn1Cc1cc(Cl)cc(Cl)c1)C(=O)O.Cc1ccc(Cn2cncc2CCN(C(=O)O)C(CC(C)C)C(=O)O)cc1. The summed E-state index contributed by atoms with van der Waals surface area (Å²) < 4.78 is 3.82. The first-order valence-corrected chi connectivity index (χ1v) is 18.6. The predicted molar refractivity (Wildman–Crippen MR) is 209 cm³/mol. The highest BCUT2D eigenvalue weighted by molar-refractivity contribution is 6.34. The lowest BCUT2D eigenvalue weighted by Crippen LogP contribution is -2.46. The molecule has 2 unspecified atom stereocenters. The third-order valence-corrected chi connectivity index (χ3v) is 9.20. The number of carboxylic acid groups (broad SMARTS) is 4. The van der Waals surface area contributed by atoms with Crippen LogP contribution in [-0.2, 0) is 35.5 Å². The highest BCUT2D eigenvalue weighted by Gasteiger charge is 2.31. The molecule has 0 radical (unpaired) electrons. The fraction of sp³-hybridized carbons (Fsp3) is 0.436. The minimum Gasteiger partial charge on any atom is -0.480 e. The lowest BCUT2D eigenvalue weighted by atomic mass is 10.0.